The average molecular weight is 272 g/mol. The molecule has 2 aromatic carbocycles. The number of likely N-dealkylation sites (N-methyl/N-ethyl adjacent to an activating group) is 1. The van der Waals surface area contributed by atoms with Gasteiger partial charge in [-0.3, -0.25) is 4.79 Å². The van der Waals surface area contributed by atoms with Gasteiger partial charge in [-0.05, 0) is 18.4 Å². The van der Waals surface area contributed by atoms with Crippen LogP contribution in [-0.4, -0.2) is 37.3 Å². The Morgan fingerprint density at radius 1 is 1.20 bits per heavy atom. The quantitative estimate of drug-likeness (QED) is 0.842. The molecule has 2 N–H and O–H groups in total. The van der Waals surface area contributed by atoms with Crippen molar-refractivity contribution in [1.82, 2.24) is 5.32 Å². The van der Waals surface area contributed by atoms with E-state index in [1.807, 2.05) is 36.1 Å². The third-order valence-corrected chi connectivity index (χ3v) is 3.26. The fourth-order valence-electron chi connectivity index (χ4n) is 2.28. The Kier molecular flexibility index (Phi) is 4.96. The lowest BCUT2D eigenvalue weighted by molar-refractivity contribution is -0.119. The van der Waals surface area contributed by atoms with Crippen molar-refractivity contribution in [2.45, 2.75) is 6.92 Å². The van der Waals surface area contributed by atoms with Crippen LogP contribution in [0.15, 0.2) is 42.5 Å². The summed E-state index contributed by atoms with van der Waals surface area (Å²) < 4.78 is 0. The normalized spacial score (nSPS) is 10.5. The summed E-state index contributed by atoms with van der Waals surface area (Å²) in [6.45, 7) is 3.34. The van der Waals surface area contributed by atoms with Crippen LogP contribution in [0.1, 0.15) is 6.92 Å². The van der Waals surface area contributed by atoms with E-state index in [9.17, 15) is 4.79 Å². The molecule has 20 heavy (non-hydrogen) atoms. The molecule has 0 aromatic heterocycles. The number of carbonyl (C=O) groups is 1. The minimum absolute atomic E-state index is 0.0356. The summed E-state index contributed by atoms with van der Waals surface area (Å²) in [4.78, 5) is 13.9. The van der Waals surface area contributed by atoms with Gasteiger partial charge in [0.2, 0.25) is 5.91 Å². The number of amides is 1. The molecule has 0 saturated carbocycles. The molecule has 0 bridgehead atoms. The van der Waals surface area contributed by atoms with Gasteiger partial charge in [0.25, 0.3) is 0 Å². The molecular formula is C16H20N2O2. The van der Waals surface area contributed by atoms with Crippen LogP contribution in [0.2, 0.25) is 0 Å². The molecule has 1 amide bonds. The zero-order valence-electron chi connectivity index (χ0n) is 11.7. The van der Waals surface area contributed by atoms with Crippen molar-refractivity contribution in [1.29, 1.82) is 0 Å². The summed E-state index contributed by atoms with van der Waals surface area (Å²) in [5.41, 5.74) is 1.06. The number of aliphatic hydroxyl groups excluding tert-OH is 1. The number of benzene rings is 2. The third kappa shape index (κ3) is 3.27. The standard InChI is InChI=1S/C16H20N2O2/c1-2-18(12-16(20)17-10-11-19)15-9-5-7-13-6-3-4-8-14(13)15/h3-9,19H,2,10-12H2,1H3,(H,17,20). The lowest BCUT2D eigenvalue weighted by Crippen LogP contribution is -2.38. The smallest absolute Gasteiger partial charge is 0.239 e. The van der Waals surface area contributed by atoms with E-state index in [1.165, 1.54) is 5.39 Å². The van der Waals surface area contributed by atoms with Gasteiger partial charge in [-0.25, -0.2) is 0 Å². The van der Waals surface area contributed by atoms with Crippen molar-refractivity contribution in [3.63, 3.8) is 0 Å². The second kappa shape index (κ2) is 6.91. The van der Waals surface area contributed by atoms with Gasteiger partial charge in [-0.1, -0.05) is 36.4 Å². The van der Waals surface area contributed by atoms with Crippen LogP contribution in [0.4, 0.5) is 5.69 Å². The van der Waals surface area contributed by atoms with Gasteiger partial charge < -0.3 is 15.3 Å². The first kappa shape index (κ1) is 14.3. The Hall–Kier alpha value is -2.07. The number of fused-ring (bicyclic) bond motifs is 1. The van der Waals surface area contributed by atoms with Gasteiger partial charge in [0.1, 0.15) is 0 Å². The van der Waals surface area contributed by atoms with E-state index in [4.69, 9.17) is 5.11 Å². The molecule has 2 rings (SSSR count). The number of carbonyl (C=O) groups excluding carboxylic acids is 1. The number of nitrogens with one attached hydrogen (secondary N) is 1. The number of anilines is 1. The van der Waals surface area contributed by atoms with E-state index in [1.54, 1.807) is 0 Å². The second-order valence-corrected chi connectivity index (χ2v) is 4.59. The third-order valence-electron chi connectivity index (χ3n) is 3.26. The lowest BCUT2D eigenvalue weighted by Gasteiger charge is -2.24. The molecule has 4 nitrogen and oxygen atoms in total. The van der Waals surface area contributed by atoms with E-state index < -0.39 is 0 Å². The van der Waals surface area contributed by atoms with Crippen molar-refractivity contribution in [3.05, 3.63) is 42.5 Å². The van der Waals surface area contributed by atoms with E-state index in [0.717, 1.165) is 17.6 Å². The van der Waals surface area contributed by atoms with Crippen LogP contribution in [0.5, 0.6) is 0 Å². The Morgan fingerprint density at radius 3 is 2.70 bits per heavy atom. The van der Waals surface area contributed by atoms with Crippen LogP contribution in [-0.2, 0) is 4.79 Å². The first-order chi connectivity index (χ1) is 9.76. The van der Waals surface area contributed by atoms with Gasteiger partial charge in [-0.15, -0.1) is 0 Å². The van der Waals surface area contributed by atoms with Gasteiger partial charge in [0.15, 0.2) is 0 Å². The van der Waals surface area contributed by atoms with Gasteiger partial charge >= 0.3 is 0 Å². The monoisotopic (exact) mass is 272 g/mol. The van der Waals surface area contributed by atoms with Crippen molar-refractivity contribution in [3.8, 4) is 0 Å². The summed E-state index contributed by atoms with van der Waals surface area (Å²) in [6, 6.07) is 14.3. The Balaban J connectivity index is 2.23. The molecule has 0 aliphatic rings. The van der Waals surface area contributed by atoms with Crippen molar-refractivity contribution in [2.75, 3.05) is 31.1 Å². The first-order valence-electron chi connectivity index (χ1n) is 6.86. The molecule has 0 saturated heterocycles. The Bertz CT molecular complexity index is 578. The van der Waals surface area contributed by atoms with E-state index in [-0.39, 0.29) is 12.5 Å². The predicted molar refractivity (Wildman–Crippen MR) is 81.9 cm³/mol. The largest absolute Gasteiger partial charge is 0.395 e. The van der Waals surface area contributed by atoms with Crippen molar-refractivity contribution >= 4 is 22.4 Å². The molecule has 2 aromatic rings. The molecule has 0 radical (unpaired) electrons. The molecular weight excluding hydrogens is 252 g/mol. The van der Waals surface area contributed by atoms with Crippen LogP contribution in [0, 0.1) is 0 Å². The van der Waals surface area contributed by atoms with Crippen LogP contribution in [0.25, 0.3) is 10.8 Å². The zero-order valence-corrected chi connectivity index (χ0v) is 11.7. The number of nitrogens with zero attached hydrogens (tertiary/aromatic N) is 1. The summed E-state index contributed by atoms with van der Waals surface area (Å²) in [7, 11) is 0. The molecule has 0 unspecified atom stereocenters. The number of aliphatic hydroxyl groups is 1. The fourth-order valence-corrected chi connectivity index (χ4v) is 2.28. The molecule has 0 heterocycles. The maximum atomic E-state index is 11.8. The summed E-state index contributed by atoms with van der Waals surface area (Å²) in [5.74, 6) is -0.0752. The Labute approximate surface area is 119 Å². The van der Waals surface area contributed by atoms with Crippen molar-refractivity contribution in [2.24, 2.45) is 0 Å². The predicted octanol–water partition coefficient (Wildman–Crippen LogP) is 1.77. The van der Waals surface area contributed by atoms with Gasteiger partial charge in [0, 0.05) is 24.2 Å². The first-order valence-corrected chi connectivity index (χ1v) is 6.86. The van der Waals surface area contributed by atoms with E-state index in [0.29, 0.717) is 13.1 Å². The van der Waals surface area contributed by atoms with Gasteiger partial charge in [-0.2, -0.15) is 0 Å². The molecule has 0 spiro atoms. The van der Waals surface area contributed by atoms with Crippen LogP contribution >= 0.6 is 0 Å². The fraction of sp³-hybridized carbons (Fsp3) is 0.312. The summed E-state index contributed by atoms with van der Waals surface area (Å²) >= 11 is 0. The molecule has 106 valence electrons. The number of hydrogen-bond donors (Lipinski definition) is 2. The second-order valence-electron chi connectivity index (χ2n) is 4.59. The highest BCUT2D eigenvalue weighted by Crippen LogP contribution is 2.26. The minimum Gasteiger partial charge on any atom is -0.395 e. The van der Waals surface area contributed by atoms with Crippen LogP contribution < -0.4 is 10.2 Å². The molecule has 0 fully saturated rings. The molecule has 0 aliphatic heterocycles. The maximum absolute atomic E-state index is 11.8. The molecule has 0 aliphatic carbocycles. The van der Waals surface area contributed by atoms with E-state index >= 15 is 0 Å². The average Bonchev–Trinajstić information content (AvgIpc) is 2.50. The van der Waals surface area contributed by atoms with Crippen LogP contribution in [0.3, 0.4) is 0 Å². The highest BCUT2D eigenvalue weighted by molar-refractivity contribution is 5.95. The zero-order chi connectivity index (χ0) is 14.4. The maximum Gasteiger partial charge on any atom is 0.239 e. The van der Waals surface area contributed by atoms with Gasteiger partial charge in [0.05, 0.1) is 13.2 Å². The number of rotatable bonds is 6. The summed E-state index contributed by atoms with van der Waals surface area (Å²) in [6.07, 6.45) is 0. The summed E-state index contributed by atoms with van der Waals surface area (Å²) in [5, 5.41) is 13.7. The highest BCUT2D eigenvalue weighted by Gasteiger charge is 2.11. The number of hydrogen-bond acceptors (Lipinski definition) is 3. The topological polar surface area (TPSA) is 52.6 Å². The minimum atomic E-state index is -0.0752. The highest BCUT2D eigenvalue weighted by atomic mass is 16.3. The SMILES string of the molecule is CCN(CC(=O)NCCO)c1cccc2ccccc12. The molecule has 4 heteroatoms. The lowest BCUT2D eigenvalue weighted by atomic mass is 10.1. The molecule has 0 atom stereocenters. The Morgan fingerprint density at radius 2 is 1.95 bits per heavy atom. The van der Waals surface area contributed by atoms with Crippen molar-refractivity contribution < 1.29 is 9.90 Å². The van der Waals surface area contributed by atoms with E-state index in [2.05, 4.69) is 23.5 Å².